The van der Waals surface area contributed by atoms with Crippen LogP contribution in [0.1, 0.15) is 22.3 Å². The molecule has 0 fully saturated rings. The predicted octanol–water partition coefficient (Wildman–Crippen LogP) is 2.02. The molecule has 0 heterocycles. The number of carboxylic acids is 1. The van der Waals surface area contributed by atoms with Gasteiger partial charge in [-0.1, -0.05) is 23.0 Å². The van der Waals surface area contributed by atoms with E-state index in [0.717, 1.165) is 0 Å². The summed E-state index contributed by atoms with van der Waals surface area (Å²) >= 11 is 0. The van der Waals surface area contributed by atoms with Crippen molar-refractivity contribution in [2.24, 2.45) is 5.11 Å². The van der Waals surface area contributed by atoms with Crippen molar-refractivity contribution in [3.8, 4) is 11.8 Å². The highest BCUT2D eigenvalue weighted by Gasteiger charge is 2.09. The SMILES string of the molecule is [N-]=[N+]=NCCC#Cc1cccc(C(=O)O)c1N. The molecule has 1 aromatic rings. The summed E-state index contributed by atoms with van der Waals surface area (Å²) in [6.45, 7) is 0.280. The number of anilines is 1. The summed E-state index contributed by atoms with van der Waals surface area (Å²) in [5, 5.41) is 12.2. The minimum Gasteiger partial charge on any atom is -0.478 e. The maximum absolute atomic E-state index is 10.8. The molecule has 6 nitrogen and oxygen atoms in total. The van der Waals surface area contributed by atoms with Gasteiger partial charge in [0.25, 0.3) is 0 Å². The molecule has 0 atom stereocenters. The number of hydrogen-bond donors (Lipinski definition) is 2. The minimum atomic E-state index is -1.08. The van der Waals surface area contributed by atoms with Crippen LogP contribution in [0.4, 0.5) is 5.69 Å². The van der Waals surface area contributed by atoms with Gasteiger partial charge < -0.3 is 10.8 Å². The van der Waals surface area contributed by atoms with E-state index in [2.05, 4.69) is 21.9 Å². The highest BCUT2D eigenvalue weighted by molar-refractivity contribution is 5.95. The Morgan fingerprint density at radius 3 is 3.00 bits per heavy atom. The van der Waals surface area contributed by atoms with Gasteiger partial charge in [0, 0.05) is 23.4 Å². The fraction of sp³-hybridized carbons (Fsp3) is 0.182. The second-order valence-corrected chi connectivity index (χ2v) is 3.08. The first-order valence-electron chi connectivity index (χ1n) is 4.78. The van der Waals surface area contributed by atoms with E-state index in [1.807, 2.05) is 0 Å². The third-order valence-electron chi connectivity index (χ3n) is 1.96. The third-order valence-corrected chi connectivity index (χ3v) is 1.96. The van der Waals surface area contributed by atoms with Gasteiger partial charge in [0.2, 0.25) is 0 Å². The molecule has 0 aliphatic rings. The molecular formula is C11H10N4O2. The molecule has 0 aliphatic heterocycles. The molecule has 0 radical (unpaired) electrons. The van der Waals surface area contributed by atoms with Crippen LogP contribution >= 0.6 is 0 Å². The molecule has 0 aromatic heterocycles. The second kappa shape index (κ2) is 6.05. The maximum atomic E-state index is 10.8. The largest absolute Gasteiger partial charge is 0.478 e. The monoisotopic (exact) mass is 230 g/mol. The summed E-state index contributed by atoms with van der Waals surface area (Å²) in [7, 11) is 0. The molecule has 0 spiro atoms. The molecule has 1 aromatic carbocycles. The van der Waals surface area contributed by atoms with Crippen LogP contribution in [0.2, 0.25) is 0 Å². The molecule has 0 saturated carbocycles. The van der Waals surface area contributed by atoms with Gasteiger partial charge in [0.05, 0.1) is 11.3 Å². The molecule has 3 N–H and O–H groups in total. The fourth-order valence-electron chi connectivity index (χ4n) is 1.17. The average Bonchev–Trinajstić information content (AvgIpc) is 2.30. The van der Waals surface area contributed by atoms with E-state index in [9.17, 15) is 4.79 Å². The number of nitrogens with zero attached hydrogens (tertiary/aromatic N) is 3. The molecule has 0 unspecified atom stereocenters. The summed E-state index contributed by atoms with van der Waals surface area (Å²) in [5.41, 5.74) is 14.4. The van der Waals surface area contributed by atoms with E-state index in [-0.39, 0.29) is 17.8 Å². The van der Waals surface area contributed by atoms with Gasteiger partial charge in [0.1, 0.15) is 0 Å². The van der Waals surface area contributed by atoms with E-state index in [4.69, 9.17) is 16.4 Å². The zero-order valence-corrected chi connectivity index (χ0v) is 8.92. The summed E-state index contributed by atoms with van der Waals surface area (Å²) in [5.74, 6) is 4.42. The number of hydrogen-bond acceptors (Lipinski definition) is 3. The summed E-state index contributed by atoms with van der Waals surface area (Å²) in [6.07, 6.45) is 0.404. The van der Waals surface area contributed by atoms with E-state index in [0.29, 0.717) is 12.0 Å². The Bertz CT molecular complexity index is 536. The molecular weight excluding hydrogens is 220 g/mol. The van der Waals surface area contributed by atoms with Crippen LogP contribution in [0.5, 0.6) is 0 Å². The Morgan fingerprint density at radius 2 is 2.35 bits per heavy atom. The molecule has 17 heavy (non-hydrogen) atoms. The molecule has 6 heteroatoms. The van der Waals surface area contributed by atoms with Crippen molar-refractivity contribution in [3.63, 3.8) is 0 Å². The number of rotatable bonds is 3. The lowest BCUT2D eigenvalue weighted by Crippen LogP contribution is -2.03. The maximum Gasteiger partial charge on any atom is 0.337 e. The molecule has 0 saturated heterocycles. The van der Waals surface area contributed by atoms with Crippen LogP contribution in [0, 0.1) is 11.8 Å². The first-order valence-corrected chi connectivity index (χ1v) is 4.78. The average molecular weight is 230 g/mol. The van der Waals surface area contributed by atoms with E-state index >= 15 is 0 Å². The van der Waals surface area contributed by atoms with Crippen LogP contribution in [-0.2, 0) is 0 Å². The molecule has 1 rings (SSSR count). The molecule has 0 amide bonds. The number of aromatic carboxylic acids is 1. The molecule has 0 aliphatic carbocycles. The minimum absolute atomic E-state index is 0.0341. The van der Waals surface area contributed by atoms with Gasteiger partial charge in [-0.25, -0.2) is 4.79 Å². The normalized spacial score (nSPS) is 8.71. The van der Waals surface area contributed by atoms with Gasteiger partial charge in [-0.15, -0.1) is 0 Å². The summed E-state index contributed by atoms with van der Waals surface area (Å²) in [6, 6.07) is 4.64. The van der Waals surface area contributed by atoms with Crippen molar-refractivity contribution in [1.82, 2.24) is 0 Å². The van der Waals surface area contributed by atoms with Gasteiger partial charge >= 0.3 is 5.97 Å². The number of para-hydroxylation sites is 1. The Hall–Kier alpha value is -2.64. The van der Waals surface area contributed by atoms with Crippen molar-refractivity contribution in [3.05, 3.63) is 39.8 Å². The van der Waals surface area contributed by atoms with E-state index in [1.165, 1.54) is 6.07 Å². The molecule has 0 bridgehead atoms. The Labute approximate surface area is 97.7 Å². The molecule has 86 valence electrons. The third kappa shape index (κ3) is 3.45. The Balaban J connectivity index is 2.88. The van der Waals surface area contributed by atoms with Crippen molar-refractivity contribution < 1.29 is 9.90 Å². The van der Waals surface area contributed by atoms with Gasteiger partial charge in [-0.2, -0.15) is 0 Å². The topological polar surface area (TPSA) is 112 Å². The quantitative estimate of drug-likeness (QED) is 0.207. The highest BCUT2D eigenvalue weighted by Crippen LogP contribution is 2.16. The summed E-state index contributed by atoms with van der Waals surface area (Å²) in [4.78, 5) is 13.4. The van der Waals surface area contributed by atoms with Gasteiger partial charge in [-0.3, -0.25) is 0 Å². The van der Waals surface area contributed by atoms with Crippen molar-refractivity contribution in [1.29, 1.82) is 0 Å². The van der Waals surface area contributed by atoms with Crippen LogP contribution in [0.25, 0.3) is 10.4 Å². The number of benzene rings is 1. The lowest BCUT2D eigenvalue weighted by Gasteiger charge is -2.02. The van der Waals surface area contributed by atoms with E-state index in [1.54, 1.807) is 12.1 Å². The number of carboxylic acid groups (broad SMARTS) is 1. The van der Waals surface area contributed by atoms with Crippen molar-refractivity contribution >= 4 is 11.7 Å². The second-order valence-electron chi connectivity index (χ2n) is 3.08. The Morgan fingerprint density at radius 1 is 1.59 bits per heavy atom. The van der Waals surface area contributed by atoms with Crippen molar-refractivity contribution in [2.75, 3.05) is 12.3 Å². The van der Waals surface area contributed by atoms with Gasteiger partial charge in [0.15, 0.2) is 0 Å². The smallest absolute Gasteiger partial charge is 0.337 e. The zero-order valence-electron chi connectivity index (χ0n) is 8.92. The van der Waals surface area contributed by atoms with Crippen LogP contribution in [-0.4, -0.2) is 17.6 Å². The number of nitrogen functional groups attached to an aromatic ring is 1. The lowest BCUT2D eigenvalue weighted by atomic mass is 10.1. The Kier molecular flexibility index (Phi) is 4.43. The highest BCUT2D eigenvalue weighted by atomic mass is 16.4. The first-order chi connectivity index (χ1) is 8.16. The number of azide groups is 1. The lowest BCUT2D eigenvalue weighted by molar-refractivity contribution is 0.0698. The first kappa shape index (κ1) is 12.4. The van der Waals surface area contributed by atoms with Gasteiger partial charge in [-0.05, 0) is 17.7 Å². The standard InChI is InChI=1S/C11H10N4O2/c12-10-8(4-1-2-7-14-15-13)5-3-6-9(10)11(16)17/h3,5-6H,2,7,12H2,(H,16,17). The number of nitrogens with two attached hydrogens (primary N) is 1. The van der Waals surface area contributed by atoms with Crippen LogP contribution in [0.3, 0.4) is 0 Å². The predicted molar refractivity (Wildman–Crippen MR) is 63.3 cm³/mol. The van der Waals surface area contributed by atoms with E-state index < -0.39 is 5.97 Å². The summed E-state index contributed by atoms with van der Waals surface area (Å²) < 4.78 is 0. The fourth-order valence-corrected chi connectivity index (χ4v) is 1.17. The zero-order chi connectivity index (χ0) is 12.7. The van der Waals surface area contributed by atoms with Crippen molar-refractivity contribution in [2.45, 2.75) is 6.42 Å². The van der Waals surface area contributed by atoms with Crippen LogP contribution in [0.15, 0.2) is 23.3 Å². The van der Waals surface area contributed by atoms with Crippen LogP contribution < -0.4 is 5.73 Å². The number of carbonyl (C=O) groups is 1.